The molecule has 0 radical (unpaired) electrons. The minimum atomic E-state index is -0.125. The molecule has 0 bridgehead atoms. The molecule has 5 rings (SSSR count). The number of amides is 1. The van der Waals surface area contributed by atoms with Gasteiger partial charge >= 0.3 is 0 Å². The Hall–Kier alpha value is -2.38. The summed E-state index contributed by atoms with van der Waals surface area (Å²) >= 11 is 0. The van der Waals surface area contributed by atoms with E-state index in [4.69, 9.17) is 5.10 Å². The molecule has 29 heavy (non-hydrogen) atoms. The molecule has 2 aromatic heterocycles. The summed E-state index contributed by atoms with van der Waals surface area (Å²) in [4.78, 5) is 28.1. The molecule has 0 unspecified atom stereocenters. The zero-order valence-corrected chi connectivity index (χ0v) is 17.1. The lowest BCUT2D eigenvalue weighted by Gasteiger charge is -2.23. The van der Waals surface area contributed by atoms with Crippen LogP contribution in [-0.4, -0.2) is 33.6 Å². The summed E-state index contributed by atoms with van der Waals surface area (Å²) in [5, 5.41) is 12.0. The van der Waals surface area contributed by atoms with Crippen LogP contribution < -0.4 is 16.2 Å². The molecule has 3 heterocycles. The number of carbonyl (C=O) groups excluding carboxylic acids is 1. The Morgan fingerprint density at radius 1 is 1.14 bits per heavy atom. The van der Waals surface area contributed by atoms with Gasteiger partial charge in [0.1, 0.15) is 5.65 Å². The van der Waals surface area contributed by atoms with E-state index in [9.17, 15) is 9.59 Å². The van der Waals surface area contributed by atoms with Crippen LogP contribution >= 0.6 is 12.4 Å². The first-order chi connectivity index (χ1) is 13.7. The topological polar surface area (TPSA) is 91.3 Å². The molecule has 0 atom stereocenters. The van der Waals surface area contributed by atoms with Crippen LogP contribution in [-0.2, 0) is 4.79 Å². The zero-order chi connectivity index (χ0) is 19.1. The SMILES string of the molecule is Cl.O=C(Nc1cccc2nn3c(C4CCNCC4)cc(=O)[nH]c3c12)C1CCCC1. The molecule has 154 valence electrons. The number of fused-ring (bicyclic) bond motifs is 3. The second-order valence-electron chi connectivity index (χ2n) is 8.01. The smallest absolute Gasteiger partial charge is 0.251 e. The van der Waals surface area contributed by atoms with E-state index in [1.807, 2.05) is 22.7 Å². The number of hydrogen-bond donors (Lipinski definition) is 3. The van der Waals surface area contributed by atoms with Gasteiger partial charge in [-0.1, -0.05) is 18.9 Å². The number of aromatic nitrogens is 3. The lowest BCUT2D eigenvalue weighted by molar-refractivity contribution is -0.119. The third-order valence-corrected chi connectivity index (χ3v) is 6.21. The van der Waals surface area contributed by atoms with E-state index in [-0.39, 0.29) is 29.8 Å². The fourth-order valence-electron chi connectivity index (χ4n) is 4.72. The van der Waals surface area contributed by atoms with E-state index in [2.05, 4.69) is 15.6 Å². The average Bonchev–Trinajstić information content (AvgIpc) is 3.36. The average molecular weight is 416 g/mol. The van der Waals surface area contributed by atoms with Gasteiger partial charge in [0.05, 0.1) is 22.3 Å². The second-order valence-corrected chi connectivity index (χ2v) is 8.01. The highest BCUT2D eigenvalue weighted by atomic mass is 35.5. The maximum absolute atomic E-state index is 12.7. The Morgan fingerprint density at radius 3 is 2.66 bits per heavy atom. The molecule has 1 aliphatic carbocycles. The molecule has 1 amide bonds. The summed E-state index contributed by atoms with van der Waals surface area (Å²) < 4.78 is 1.87. The molecule has 2 aliphatic rings. The Labute approximate surface area is 174 Å². The number of H-pyrrole nitrogens is 1. The van der Waals surface area contributed by atoms with Crippen LogP contribution in [0.5, 0.6) is 0 Å². The number of nitrogens with zero attached hydrogens (tertiary/aromatic N) is 2. The van der Waals surface area contributed by atoms with Crippen LogP contribution in [0.15, 0.2) is 29.1 Å². The van der Waals surface area contributed by atoms with E-state index < -0.39 is 0 Å². The van der Waals surface area contributed by atoms with Crippen LogP contribution in [0.1, 0.15) is 50.1 Å². The third-order valence-electron chi connectivity index (χ3n) is 6.21. The maximum atomic E-state index is 12.7. The summed E-state index contributed by atoms with van der Waals surface area (Å²) in [5.41, 5.74) is 2.99. The Bertz CT molecular complexity index is 1090. The van der Waals surface area contributed by atoms with E-state index in [0.717, 1.165) is 73.9 Å². The molecule has 3 aromatic rings. The predicted molar refractivity (Wildman–Crippen MR) is 116 cm³/mol. The Balaban J connectivity index is 0.00000205. The van der Waals surface area contributed by atoms with Gasteiger partial charge in [-0.25, -0.2) is 4.52 Å². The number of nitrogens with one attached hydrogen (secondary N) is 3. The molecule has 0 spiro atoms. The lowest BCUT2D eigenvalue weighted by Crippen LogP contribution is -2.28. The van der Waals surface area contributed by atoms with Crippen molar-refractivity contribution in [3.63, 3.8) is 0 Å². The molecule has 7 nitrogen and oxygen atoms in total. The monoisotopic (exact) mass is 415 g/mol. The first-order valence-electron chi connectivity index (χ1n) is 10.3. The van der Waals surface area contributed by atoms with Gasteiger partial charge in [0.2, 0.25) is 5.91 Å². The van der Waals surface area contributed by atoms with Gasteiger partial charge in [-0.15, -0.1) is 12.4 Å². The van der Waals surface area contributed by atoms with Crippen molar-refractivity contribution in [3.05, 3.63) is 40.3 Å². The van der Waals surface area contributed by atoms with Gasteiger partial charge in [-0.05, 0) is 50.9 Å². The molecule has 1 aromatic carbocycles. The van der Waals surface area contributed by atoms with Gasteiger partial charge in [-0.2, -0.15) is 5.10 Å². The molecule has 3 N–H and O–H groups in total. The lowest BCUT2D eigenvalue weighted by atomic mass is 9.94. The summed E-state index contributed by atoms with van der Waals surface area (Å²) in [7, 11) is 0. The highest BCUT2D eigenvalue weighted by molar-refractivity contribution is 6.07. The van der Waals surface area contributed by atoms with Crippen LogP contribution in [0.3, 0.4) is 0 Å². The number of carbonyl (C=O) groups is 1. The molecule has 1 aliphatic heterocycles. The number of piperidine rings is 1. The van der Waals surface area contributed by atoms with Gasteiger partial charge < -0.3 is 15.6 Å². The van der Waals surface area contributed by atoms with Crippen molar-refractivity contribution >= 4 is 40.6 Å². The minimum Gasteiger partial charge on any atom is -0.325 e. The Kier molecular flexibility index (Phi) is 5.61. The van der Waals surface area contributed by atoms with Gasteiger partial charge in [0.25, 0.3) is 5.56 Å². The molecule has 1 saturated carbocycles. The molecular formula is C21H26ClN5O2. The van der Waals surface area contributed by atoms with Crippen molar-refractivity contribution in [2.75, 3.05) is 18.4 Å². The number of aromatic amines is 1. The molecule has 8 heteroatoms. The predicted octanol–water partition coefficient (Wildman–Crippen LogP) is 3.19. The summed E-state index contributed by atoms with van der Waals surface area (Å²) in [6.07, 6.45) is 6.11. The van der Waals surface area contributed by atoms with Gasteiger partial charge in [-0.3, -0.25) is 9.59 Å². The maximum Gasteiger partial charge on any atom is 0.251 e. The third kappa shape index (κ3) is 3.65. The van der Waals surface area contributed by atoms with Gasteiger partial charge in [0.15, 0.2) is 0 Å². The van der Waals surface area contributed by atoms with Crippen molar-refractivity contribution in [2.45, 2.75) is 44.4 Å². The van der Waals surface area contributed by atoms with Crippen molar-refractivity contribution in [2.24, 2.45) is 5.92 Å². The summed E-state index contributed by atoms with van der Waals surface area (Å²) in [6.45, 7) is 1.89. The van der Waals surface area contributed by atoms with E-state index in [1.54, 1.807) is 6.07 Å². The van der Waals surface area contributed by atoms with Crippen molar-refractivity contribution in [3.8, 4) is 0 Å². The highest BCUT2D eigenvalue weighted by Crippen LogP contribution is 2.32. The number of rotatable bonds is 3. The molecular weight excluding hydrogens is 390 g/mol. The van der Waals surface area contributed by atoms with Crippen LogP contribution in [0, 0.1) is 5.92 Å². The first kappa shape index (κ1) is 19.9. The van der Waals surface area contributed by atoms with Crippen LogP contribution in [0.2, 0.25) is 0 Å². The number of anilines is 1. The quantitative estimate of drug-likeness (QED) is 0.612. The number of halogens is 1. The summed E-state index contributed by atoms with van der Waals surface area (Å²) in [6, 6.07) is 7.40. The minimum absolute atomic E-state index is 0. The highest BCUT2D eigenvalue weighted by Gasteiger charge is 2.25. The first-order valence-corrected chi connectivity index (χ1v) is 10.3. The Morgan fingerprint density at radius 2 is 1.90 bits per heavy atom. The standard InChI is InChI=1S/C21H25N5O2.ClH/c27-18-12-17(13-8-10-22-11-9-13)26-20(24-18)19-15(6-3-7-16(19)25-26)23-21(28)14-4-1-2-5-14;/h3,6-7,12-14,22H,1-2,4-5,8-11H2,(H,23,28)(H,24,27);1H. The fraction of sp³-hybridized carbons (Fsp3) is 0.476. The van der Waals surface area contributed by atoms with Crippen molar-refractivity contribution in [1.29, 1.82) is 0 Å². The number of hydrogen-bond acceptors (Lipinski definition) is 4. The van der Waals surface area contributed by atoms with Crippen molar-refractivity contribution in [1.82, 2.24) is 19.9 Å². The molecule has 2 fully saturated rings. The van der Waals surface area contributed by atoms with Crippen LogP contribution in [0.4, 0.5) is 5.69 Å². The van der Waals surface area contributed by atoms with Crippen molar-refractivity contribution < 1.29 is 4.79 Å². The number of benzene rings is 1. The molecule has 1 saturated heterocycles. The second kappa shape index (κ2) is 8.16. The van der Waals surface area contributed by atoms with Crippen LogP contribution in [0.25, 0.3) is 16.6 Å². The zero-order valence-electron chi connectivity index (χ0n) is 16.2. The van der Waals surface area contributed by atoms with E-state index in [1.165, 1.54) is 0 Å². The van der Waals surface area contributed by atoms with E-state index >= 15 is 0 Å². The van der Waals surface area contributed by atoms with Gasteiger partial charge in [0, 0.05) is 17.9 Å². The normalized spacial score (nSPS) is 18.2. The largest absolute Gasteiger partial charge is 0.325 e. The summed E-state index contributed by atoms with van der Waals surface area (Å²) in [5.74, 6) is 0.458. The van der Waals surface area contributed by atoms with E-state index in [0.29, 0.717) is 11.6 Å². The fourth-order valence-corrected chi connectivity index (χ4v) is 4.72.